The number of esters is 1. The molecule has 0 spiro atoms. The van der Waals surface area contributed by atoms with Crippen LogP contribution in [0.2, 0.25) is 0 Å². The summed E-state index contributed by atoms with van der Waals surface area (Å²) in [6.45, 7) is 6.45. The molecule has 0 aliphatic carbocycles. The zero-order valence-corrected chi connectivity index (χ0v) is 13.4. The van der Waals surface area contributed by atoms with Crippen LogP contribution in [0.3, 0.4) is 0 Å². The summed E-state index contributed by atoms with van der Waals surface area (Å²) in [6, 6.07) is 6.30. The first kappa shape index (κ1) is 16.7. The van der Waals surface area contributed by atoms with E-state index < -0.39 is 0 Å². The van der Waals surface area contributed by atoms with Gasteiger partial charge in [-0.25, -0.2) is 4.39 Å². The van der Waals surface area contributed by atoms with Gasteiger partial charge >= 0.3 is 5.97 Å². The molecule has 1 aliphatic heterocycles. The molecule has 0 aromatic heterocycles. The van der Waals surface area contributed by atoms with Crippen molar-refractivity contribution in [1.29, 1.82) is 0 Å². The van der Waals surface area contributed by atoms with Crippen LogP contribution in [-0.4, -0.2) is 43.7 Å². The molecule has 0 amide bonds. The van der Waals surface area contributed by atoms with Gasteiger partial charge in [0.25, 0.3) is 0 Å². The lowest BCUT2D eigenvalue weighted by Crippen LogP contribution is -2.34. The number of ether oxygens (including phenoxy) is 2. The molecule has 122 valence electrons. The van der Waals surface area contributed by atoms with Gasteiger partial charge in [-0.1, -0.05) is 0 Å². The third-order valence-corrected chi connectivity index (χ3v) is 4.30. The van der Waals surface area contributed by atoms with Crippen LogP contribution in [-0.2, 0) is 9.53 Å². The Hall–Kier alpha value is -1.62. The minimum Gasteiger partial charge on any atom is -0.493 e. The number of carbonyl (C=O) groups excluding carboxylic acids is 1. The van der Waals surface area contributed by atoms with Gasteiger partial charge in [-0.2, -0.15) is 0 Å². The highest BCUT2D eigenvalue weighted by molar-refractivity contribution is 5.73. The Balaban J connectivity index is 1.98. The molecule has 1 aromatic rings. The molecule has 0 N–H and O–H groups in total. The number of likely N-dealkylation sites (tertiary alicyclic amines) is 1. The fraction of sp³-hybridized carbons (Fsp3) is 0.588. The Bertz CT molecular complexity index is 489. The second-order valence-electron chi connectivity index (χ2n) is 6.03. The predicted molar refractivity (Wildman–Crippen MR) is 82.2 cm³/mol. The summed E-state index contributed by atoms with van der Waals surface area (Å²) in [5, 5.41) is 0. The van der Waals surface area contributed by atoms with Gasteiger partial charge in [0, 0.05) is 12.6 Å². The summed E-state index contributed by atoms with van der Waals surface area (Å²) in [6.07, 6.45) is 0.963. The zero-order chi connectivity index (χ0) is 16.1. The largest absolute Gasteiger partial charge is 0.493 e. The zero-order valence-electron chi connectivity index (χ0n) is 13.4. The van der Waals surface area contributed by atoms with E-state index in [0.717, 1.165) is 19.5 Å². The van der Waals surface area contributed by atoms with Crippen molar-refractivity contribution in [3.05, 3.63) is 30.1 Å². The van der Waals surface area contributed by atoms with E-state index >= 15 is 0 Å². The van der Waals surface area contributed by atoms with Gasteiger partial charge < -0.3 is 14.4 Å². The first-order valence-corrected chi connectivity index (χ1v) is 7.71. The van der Waals surface area contributed by atoms with E-state index in [0.29, 0.717) is 11.8 Å². The van der Waals surface area contributed by atoms with E-state index in [1.165, 1.54) is 19.2 Å². The maximum absolute atomic E-state index is 12.9. The monoisotopic (exact) mass is 309 g/mol. The molecule has 4 nitrogen and oxygen atoms in total. The van der Waals surface area contributed by atoms with E-state index in [1.54, 1.807) is 12.1 Å². The summed E-state index contributed by atoms with van der Waals surface area (Å²) < 4.78 is 23.5. The fourth-order valence-electron chi connectivity index (χ4n) is 2.88. The number of nitrogens with zero attached hydrogens (tertiary/aromatic N) is 1. The molecule has 2 unspecified atom stereocenters. The van der Waals surface area contributed by atoms with Gasteiger partial charge in [0.1, 0.15) is 18.2 Å². The molecule has 1 aliphatic rings. The van der Waals surface area contributed by atoms with Gasteiger partial charge in [-0.3, -0.25) is 4.79 Å². The molecular formula is C17H24FNO3. The van der Waals surface area contributed by atoms with E-state index in [1.807, 2.05) is 0 Å². The molecular weight excluding hydrogens is 285 g/mol. The van der Waals surface area contributed by atoms with Crippen LogP contribution in [0.1, 0.15) is 20.3 Å². The predicted octanol–water partition coefficient (Wildman–Crippen LogP) is 2.72. The fourth-order valence-corrected chi connectivity index (χ4v) is 2.88. The van der Waals surface area contributed by atoms with E-state index in [9.17, 15) is 9.18 Å². The van der Waals surface area contributed by atoms with Crippen molar-refractivity contribution < 1.29 is 18.7 Å². The first-order chi connectivity index (χ1) is 10.5. The van der Waals surface area contributed by atoms with E-state index in [4.69, 9.17) is 9.47 Å². The lowest BCUT2D eigenvalue weighted by Gasteiger charge is -2.24. The minimum atomic E-state index is -0.305. The van der Waals surface area contributed by atoms with Gasteiger partial charge in [0.2, 0.25) is 0 Å². The number of methoxy groups -OCH3 is 1. The summed E-state index contributed by atoms with van der Waals surface area (Å²) in [5.41, 5.74) is 0. The van der Waals surface area contributed by atoms with Crippen molar-refractivity contribution in [2.45, 2.75) is 26.3 Å². The molecule has 5 heteroatoms. The lowest BCUT2D eigenvalue weighted by molar-refractivity contribution is -0.148. The molecule has 0 saturated carbocycles. The number of hydrogen-bond acceptors (Lipinski definition) is 4. The highest BCUT2D eigenvalue weighted by Crippen LogP contribution is 2.27. The van der Waals surface area contributed by atoms with Crippen LogP contribution in [0, 0.1) is 17.7 Å². The Morgan fingerprint density at radius 3 is 2.59 bits per heavy atom. The highest BCUT2D eigenvalue weighted by atomic mass is 19.1. The van der Waals surface area contributed by atoms with Gasteiger partial charge in [0.15, 0.2) is 0 Å². The quantitative estimate of drug-likeness (QED) is 0.758. The Morgan fingerprint density at radius 1 is 1.36 bits per heavy atom. The Labute approximate surface area is 131 Å². The summed E-state index contributed by atoms with van der Waals surface area (Å²) in [7, 11) is 1.41. The highest BCUT2D eigenvalue weighted by Gasteiger charge is 2.35. The van der Waals surface area contributed by atoms with Gasteiger partial charge in [-0.05, 0) is 57.0 Å². The number of hydrogen-bond donors (Lipinski definition) is 0. The smallest absolute Gasteiger partial charge is 0.312 e. The first-order valence-electron chi connectivity index (χ1n) is 7.71. The molecule has 22 heavy (non-hydrogen) atoms. The Kier molecular flexibility index (Phi) is 5.77. The van der Waals surface area contributed by atoms with Crippen LogP contribution in [0.5, 0.6) is 5.75 Å². The van der Waals surface area contributed by atoms with Gasteiger partial charge in [-0.15, -0.1) is 0 Å². The normalized spacial score (nSPS) is 20.1. The van der Waals surface area contributed by atoms with Crippen molar-refractivity contribution >= 4 is 5.97 Å². The van der Waals surface area contributed by atoms with Crippen LogP contribution in [0.25, 0.3) is 0 Å². The van der Waals surface area contributed by atoms with Crippen LogP contribution >= 0.6 is 0 Å². The second-order valence-corrected chi connectivity index (χ2v) is 6.03. The summed E-state index contributed by atoms with van der Waals surface area (Å²) >= 11 is 0. The Morgan fingerprint density at radius 2 is 2.05 bits per heavy atom. The second kappa shape index (κ2) is 7.58. The van der Waals surface area contributed by atoms with Crippen molar-refractivity contribution in [2.75, 3.05) is 26.8 Å². The molecule has 2 atom stereocenters. The third kappa shape index (κ3) is 4.19. The van der Waals surface area contributed by atoms with Crippen LogP contribution in [0.4, 0.5) is 4.39 Å². The maximum Gasteiger partial charge on any atom is 0.312 e. The van der Waals surface area contributed by atoms with Crippen molar-refractivity contribution in [3.63, 3.8) is 0 Å². The van der Waals surface area contributed by atoms with Crippen molar-refractivity contribution in [1.82, 2.24) is 4.90 Å². The average Bonchev–Trinajstić information content (AvgIpc) is 2.99. The lowest BCUT2D eigenvalue weighted by atomic mass is 9.92. The molecule has 1 heterocycles. The van der Waals surface area contributed by atoms with E-state index in [-0.39, 0.29) is 30.2 Å². The van der Waals surface area contributed by atoms with Gasteiger partial charge in [0.05, 0.1) is 13.0 Å². The van der Waals surface area contributed by atoms with Crippen molar-refractivity contribution in [2.24, 2.45) is 11.8 Å². The topological polar surface area (TPSA) is 38.8 Å². The number of benzene rings is 1. The maximum atomic E-state index is 12.9. The van der Waals surface area contributed by atoms with Crippen LogP contribution < -0.4 is 4.74 Å². The van der Waals surface area contributed by atoms with Crippen molar-refractivity contribution in [3.8, 4) is 5.75 Å². The average molecular weight is 309 g/mol. The molecule has 1 saturated heterocycles. The minimum absolute atomic E-state index is 0.232. The van der Waals surface area contributed by atoms with E-state index in [2.05, 4.69) is 18.7 Å². The molecule has 2 rings (SSSR count). The summed E-state index contributed by atoms with van der Waals surface area (Å²) in [5.74, 6) is -0.0407. The number of rotatable bonds is 6. The molecule has 0 radical (unpaired) electrons. The number of carbonyl (C=O) groups is 1. The third-order valence-electron chi connectivity index (χ3n) is 4.30. The number of halogens is 1. The molecule has 1 fully saturated rings. The SMILES string of the molecule is COC(=O)C(COc1ccc(F)cc1)C1CCN(C(C)C)C1. The molecule has 0 bridgehead atoms. The van der Waals surface area contributed by atoms with Crippen LogP contribution in [0.15, 0.2) is 24.3 Å². The summed E-state index contributed by atoms with van der Waals surface area (Å²) in [4.78, 5) is 14.4. The standard InChI is InChI=1S/C17H24FNO3/c1-12(2)19-9-8-13(10-19)16(17(20)21-3)11-22-15-6-4-14(18)5-7-15/h4-7,12-13,16H,8-11H2,1-3H3. The molecule has 1 aromatic carbocycles.